The molecule has 1 atom stereocenters. The maximum atomic E-state index is 13.4. The van der Waals surface area contributed by atoms with E-state index in [2.05, 4.69) is 5.32 Å². The van der Waals surface area contributed by atoms with Crippen LogP contribution in [0.2, 0.25) is 0 Å². The second-order valence-corrected chi connectivity index (χ2v) is 8.61. The van der Waals surface area contributed by atoms with Gasteiger partial charge in [0.15, 0.2) is 0 Å². The van der Waals surface area contributed by atoms with Gasteiger partial charge in [0, 0.05) is 11.4 Å². The Hall–Kier alpha value is -3.82. The van der Waals surface area contributed by atoms with E-state index in [1.54, 1.807) is 24.3 Å². The number of para-hydroxylation sites is 1. The normalized spacial score (nSPS) is 17.1. The van der Waals surface area contributed by atoms with Gasteiger partial charge in [-0.2, -0.15) is 5.26 Å². The van der Waals surface area contributed by atoms with Crippen LogP contribution < -0.4 is 10.2 Å². The van der Waals surface area contributed by atoms with Gasteiger partial charge in [0.1, 0.15) is 16.7 Å². The minimum absolute atomic E-state index is 0.0802. The Labute approximate surface area is 191 Å². The quantitative estimate of drug-likeness (QED) is 0.445. The van der Waals surface area contributed by atoms with E-state index in [0.717, 1.165) is 11.1 Å². The molecule has 32 heavy (non-hydrogen) atoms. The predicted molar refractivity (Wildman–Crippen MR) is 128 cm³/mol. The van der Waals surface area contributed by atoms with E-state index >= 15 is 0 Å². The molecule has 2 amide bonds. The Morgan fingerprint density at radius 3 is 2.25 bits per heavy atom. The minimum atomic E-state index is -0.536. The van der Waals surface area contributed by atoms with Crippen LogP contribution in [0.3, 0.4) is 0 Å². The van der Waals surface area contributed by atoms with E-state index in [4.69, 9.17) is 0 Å². The number of carbonyl (C=O) groups excluding carboxylic acids is 2. The number of benzene rings is 3. The molecule has 1 unspecified atom stereocenters. The lowest BCUT2D eigenvalue weighted by atomic mass is 10.1. The van der Waals surface area contributed by atoms with Gasteiger partial charge in [0.25, 0.3) is 5.91 Å². The number of nitriles is 1. The van der Waals surface area contributed by atoms with Crippen LogP contribution in [0.1, 0.15) is 11.1 Å². The van der Waals surface area contributed by atoms with Crippen molar-refractivity contribution in [3.05, 3.63) is 107 Å². The summed E-state index contributed by atoms with van der Waals surface area (Å²) in [5.74, 6) is -0.676. The summed E-state index contributed by atoms with van der Waals surface area (Å²) in [6.07, 6.45) is 0.509. The summed E-state index contributed by atoms with van der Waals surface area (Å²) in [5.41, 5.74) is 3.22. The van der Waals surface area contributed by atoms with E-state index in [1.807, 2.05) is 73.7 Å². The fraction of sp³-hybridized carbons (Fsp3) is 0.115. The monoisotopic (exact) mass is 439 g/mol. The number of nitrogens with zero attached hydrogens (tertiary/aromatic N) is 2. The number of aryl methyl sites for hydroxylation is 1. The third-order valence-electron chi connectivity index (χ3n) is 5.09. The molecule has 1 fully saturated rings. The lowest BCUT2D eigenvalue weighted by molar-refractivity contribution is -0.117. The molecule has 5 nitrogen and oxygen atoms in total. The standard InChI is InChI=1S/C26H21N3O2S/c1-18-12-14-21(15-13-18)29-25(31)23(16-19-8-4-2-5-9-19)32-26(29)22(17-27)24(30)28-20-10-6-3-7-11-20/h2-15,23H,16H2,1H3,(H,28,30). The van der Waals surface area contributed by atoms with E-state index < -0.39 is 11.2 Å². The van der Waals surface area contributed by atoms with Gasteiger partial charge in [0.2, 0.25) is 5.91 Å². The van der Waals surface area contributed by atoms with Crippen molar-refractivity contribution in [2.45, 2.75) is 18.6 Å². The zero-order valence-corrected chi connectivity index (χ0v) is 18.3. The largest absolute Gasteiger partial charge is 0.321 e. The molecule has 0 saturated carbocycles. The maximum absolute atomic E-state index is 13.4. The van der Waals surface area contributed by atoms with E-state index in [-0.39, 0.29) is 11.5 Å². The van der Waals surface area contributed by atoms with Crippen LogP contribution in [0.5, 0.6) is 0 Å². The highest BCUT2D eigenvalue weighted by Gasteiger charge is 2.40. The molecular weight excluding hydrogens is 418 g/mol. The second kappa shape index (κ2) is 9.54. The average Bonchev–Trinajstić information content (AvgIpc) is 3.12. The van der Waals surface area contributed by atoms with Crippen LogP contribution in [-0.2, 0) is 16.0 Å². The first kappa shape index (κ1) is 21.4. The van der Waals surface area contributed by atoms with Crippen molar-refractivity contribution in [2.24, 2.45) is 0 Å². The van der Waals surface area contributed by atoms with Gasteiger partial charge in [-0.25, -0.2) is 0 Å². The van der Waals surface area contributed by atoms with E-state index in [1.165, 1.54) is 16.7 Å². The van der Waals surface area contributed by atoms with Crippen molar-refractivity contribution >= 4 is 35.0 Å². The molecule has 0 bridgehead atoms. The van der Waals surface area contributed by atoms with Crippen LogP contribution in [0, 0.1) is 18.3 Å². The van der Waals surface area contributed by atoms with E-state index in [0.29, 0.717) is 22.8 Å². The fourth-order valence-corrected chi connectivity index (χ4v) is 4.77. The van der Waals surface area contributed by atoms with Gasteiger partial charge in [0.05, 0.1) is 5.25 Å². The van der Waals surface area contributed by atoms with Gasteiger partial charge in [-0.15, -0.1) is 0 Å². The molecule has 1 aliphatic heterocycles. The summed E-state index contributed by atoms with van der Waals surface area (Å²) in [5, 5.41) is 12.6. The van der Waals surface area contributed by atoms with Crippen molar-refractivity contribution in [3.63, 3.8) is 0 Å². The molecule has 0 radical (unpaired) electrons. The number of rotatable bonds is 5. The number of hydrogen-bond acceptors (Lipinski definition) is 4. The molecule has 6 heteroatoms. The molecule has 1 aliphatic rings. The van der Waals surface area contributed by atoms with Gasteiger partial charge >= 0.3 is 0 Å². The topological polar surface area (TPSA) is 73.2 Å². The Morgan fingerprint density at radius 2 is 1.62 bits per heavy atom. The first-order chi connectivity index (χ1) is 15.6. The predicted octanol–water partition coefficient (Wildman–Crippen LogP) is 5.06. The highest BCUT2D eigenvalue weighted by molar-refractivity contribution is 8.05. The highest BCUT2D eigenvalue weighted by Crippen LogP contribution is 2.42. The molecule has 4 rings (SSSR count). The van der Waals surface area contributed by atoms with Gasteiger partial charge in [-0.1, -0.05) is 78.0 Å². The van der Waals surface area contributed by atoms with Crippen LogP contribution in [0.25, 0.3) is 0 Å². The summed E-state index contributed by atoms with van der Waals surface area (Å²) in [7, 11) is 0. The number of hydrogen-bond donors (Lipinski definition) is 1. The molecule has 1 N–H and O–H groups in total. The van der Waals surface area contributed by atoms with Gasteiger partial charge in [-0.05, 0) is 43.2 Å². The number of anilines is 2. The molecule has 158 valence electrons. The summed E-state index contributed by atoms with van der Waals surface area (Å²) >= 11 is 1.26. The lowest BCUT2D eigenvalue weighted by Gasteiger charge is -2.19. The van der Waals surface area contributed by atoms with Crippen LogP contribution in [0.4, 0.5) is 11.4 Å². The van der Waals surface area contributed by atoms with Crippen molar-refractivity contribution in [2.75, 3.05) is 10.2 Å². The van der Waals surface area contributed by atoms with E-state index in [9.17, 15) is 14.9 Å². The molecule has 0 spiro atoms. The number of thioether (sulfide) groups is 1. The first-order valence-corrected chi connectivity index (χ1v) is 11.1. The zero-order chi connectivity index (χ0) is 22.5. The molecule has 3 aromatic rings. The van der Waals surface area contributed by atoms with Crippen molar-refractivity contribution in [1.82, 2.24) is 0 Å². The van der Waals surface area contributed by atoms with Crippen molar-refractivity contribution in [1.29, 1.82) is 5.26 Å². The Bertz CT molecular complexity index is 1200. The SMILES string of the molecule is Cc1ccc(N2C(=O)C(Cc3ccccc3)SC2=C(C#N)C(=O)Nc2ccccc2)cc1. The minimum Gasteiger partial charge on any atom is -0.321 e. The Kier molecular flexibility index (Phi) is 6.39. The first-order valence-electron chi connectivity index (χ1n) is 10.2. The lowest BCUT2D eigenvalue weighted by Crippen LogP contribution is -2.30. The molecule has 1 heterocycles. The van der Waals surface area contributed by atoms with Gasteiger partial charge in [-0.3, -0.25) is 14.5 Å². The van der Waals surface area contributed by atoms with Crippen molar-refractivity contribution in [3.8, 4) is 6.07 Å². The molecular formula is C26H21N3O2S. The summed E-state index contributed by atoms with van der Waals surface area (Å²) in [6, 6.07) is 28.2. The zero-order valence-electron chi connectivity index (χ0n) is 17.5. The van der Waals surface area contributed by atoms with Crippen LogP contribution in [0.15, 0.2) is 95.5 Å². The molecule has 0 aromatic heterocycles. The Morgan fingerprint density at radius 1 is 1.00 bits per heavy atom. The molecule has 1 saturated heterocycles. The second-order valence-electron chi connectivity index (χ2n) is 7.42. The third kappa shape index (κ3) is 4.58. The van der Waals surface area contributed by atoms with Crippen molar-refractivity contribution < 1.29 is 9.59 Å². The summed E-state index contributed by atoms with van der Waals surface area (Å²) in [4.78, 5) is 27.9. The molecule has 3 aromatic carbocycles. The van der Waals surface area contributed by atoms with Crippen LogP contribution in [-0.4, -0.2) is 17.1 Å². The maximum Gasteiger partial charge on any atom is 0.269 e. The van der Waals surface area contributed by atoms with Crippen LogP contribution >= 0.6 is 11.8 Å². The number of carbonyl (C=O) groups is 2. The number of nitrogens with one attached hydrogen (secondary N) is 1. The smallest absolute Gasteiger partial charge is 0.269 e. The highest BCUT2D eigenvalue weighted by atomic mass is 32.2. The number of amides is 2. The fourth-order valence-electron chi connectivity index (χ4n) is 3.46. The summed E-state index contributed by atoms with van der Waals surface area (Å²) in [6.45, 7) is 1.97. The third-order valence-corrected chi connectivity index (χ3v) is 6.36. The van der Waals surface area contributed by atoms with Gasteiger partial charge < -0.3 is 5.32 Å². The summed E-state index contributed by atoms with van der Waals surface area (Å²) < 4.78 is 0. The Balaban J connectivity index is 1.73. The molecule has 0 aliphatic carbocycles. The average molecular weight is 440 g/mol.